The lowest BCUT2D eigenvalue weighted by Crippen LogP contribution is -2.59. The molecule has 0 radical (unpaired) electrons. The number of hydrogen-bond acceptors (Lipinski definition) is 2. The second kappa shape index (κ2) is 4.52. The van der Waals surface area contributed by atoms with E-state index in [4.69, 9.17) is 0 Å². The normalized spacial score (nSPS) is 38.0. The molecule has 0 aliphatic heterocycles. The Morgan fingerprint density at radius 2 is 1.50 bits per heavy atom. The molecule has 20 heavy (non-hydrogen) atoms. The highest BCUT2D eigenvalue weighted by Gasteiger charge is 2.51. The summed E-state index contributed by atoms with van der Waals surface area (Å²) in [7, 11) is 0. The molecule has 0 unspecified atom stereocenters. The van der Waals surface area contributed by atoms with Gasteiger partial charge >= 0.3 is 0 Å². The average Bonchev–Trinajstić information content (AvgIpc) is 2.37. The van der Waals surface area contributed by atoms with Gasteiger partial charge in [-0.2, -0.15) is 0 Å². The standard InChI is InChI=1S/C17H21NOS/c19-16(14-1-3-15(20)4-2-14)18-17-8-11-5-12(9-17)7-13(6-11)10-17/h1-4,11-13,20H,5-10H2,(H,18,19). The van der Waals surface area contributed by atoms with Gasteiger partial charge in [0.05, 0.1) is 0 Å². The topological polar surface area (TPSA) is 29.1 Å². The maximum Gasteiger partial charge on any atom is 0.251 e. The van der Waals surface area contributed by atoms with E-state index in [0.29, 0.717) is 0 Å². The molecule has 1 amide bonds. The van der Waals surface area contributed by atoms with E-state index in [-0.39, 0.29) is 11.4 Å². The molecule has 4 fully saturated rings. The van der Waals surface area contributed by atoms with Gasteiger partial charge in [-0.1, -0.05) is 0 Å². The van der Waals surface area contributed by atoms with Gasteiger partial charge in [-0.15, -0.1) is 12.6 Å². The summed E-state index contributed by atoms with van der Waals surface area (Å²) in [5, 5.41) is 3.40. The first-order valence-electron chi connectivity index (χ1n) is 7.73. The zero-order chi connectivity index (χ0) is 13.7. The highest BCUT2D eigenvalue weighted by molar-refractivity contribution is 7.80. The van der Waals surface area contributed by atoms with Gasteiger partial charge in [0.25, 0.3) is 5.91 Å². The van der Waals surface area contributed by atoms with E-state index in [0.717, 1.165) is 28.2 Å². The summed E-state index contributed by atoms with van der Waals surface area (Å²) in [6, 6.07) is 7.52. The molecule has 4 bridgehead atoms. The number of carbonyl (C=O) groups excluding carboxylic acids is 1. The van der Waals surface area contributed by atoms with Crippen molar-refractivity contribution in [2.45, 2.75) is 49.0 Å². The molecule has 4 saturated carbocycles. The smallest absolute Gasteiger partial charge is 0.251 e. The van der Waals surface area contributed by atoms with E-state index in [1.807, 2.05) is 24.3 Å². The van der Waals surface area contributed by atoms with Gasteiger partial charge in [0, 0.05) is 16.0 Å². The molecule has 0 aromatic heterocycles. The van der Waals surface area contributed by atoms with Crippen LogP contribution in [0.5, 0.6) is 0 Å². The Morgan fingerprint density at radius 1 is 1.00 bits per heavy atom. The van der Waals surface area contributed by atoms with Gasteiger partial charge in [0.2, 0.25) is 0 Å². The lowest BCUT2D eigenvalue weighted by molar-refractivity contribution is -0.0167. The number of amides is 1. The summed E-state index contributed by atoms with van der Waals surface area (Å²) in [6.45, 7) is 0. The van der Waals surface area contributed by atoms with Crippen LogP contribution in [0.2, 0.25) is 0 Å². The van der Waals surface area contributed by atoms with Crippen LogP contribution in [0.4, 0.5) is 0 Å². The van der Waals surface area contributed by atoms with Crippen LogP contribution in [0.1, 0.15) is 48.9 Å². The van der Waals surface area contributed by atoms with Crippen LogP contribution in [-0.4, -0.2) is 11.4 Å². The molecule has 3 heteroatoms. The first-order valence-corrected chi connectivity index (χ1v) is 8.18. The first-order chi connectivity index (χ1) is 9.62. The number of thiol groups is 1. The van der Waals surface area contributed by atoms with Gasteiger partial charge < -0.3 is 5.32 Å². The van der Waals surface area contributed by atoms with Crippen LogP contribution in [0.3, 0.4) is 0 Å². The van der Waals surface area contributed by atoms with Crippen molar-refractivity contribution < 1.29 is 4.79 Å². The number of rotatable bonds is 2. The second-order valence-electron chi connectivity index (χ2n) is 7.20. The largest absolute Gasteiger partial charge is 0.347 e. The fourth-order valence-corrected chi connectivity index (χ4v) is 5.34. The Balaban J connectivity index is 1.53. The van der Waals surface area contributed by atoms with Crippen LogP contribution >= 0.6 is 12.6 Å². The van der Waals surface area contributed by atoms with Crippen molar-refractivity contribution in [2.75, 3.05) is 0 Å². The second-order valence-corrected chi connectivity index (χ2v) is 7.72. The quantitative estimate of drug-likeness (QED) is 0.798. The molecular formula is C17H21NOS. The average molecular weight is 287 g/mol. The van der Waals surface area contributed by atoms with Crippen molar-refractivity contribution in [1.82, 2.24) is 5.32 Å². The number of nitrogens with one attached hydrogen (secondary N) is 1. The van der Waals surface area contributed by atoms with Crippen molar-refractivity contribution >= 4 is 18.5 Å². The molecule has 0 spiro atoms. The molecule has 4 aliphatic rings. The van der Waals surface area contributed by atoms with Crippen molar-refractivity contribution in [3.8, 4) is 0 Å². The van der Waals surface area contributed by atoms with E-state index >= 15 is 0 Å². The third-order valence-corrected chi connectivity index (χ3v) is 5.84. The zero-order valence-corrected chi connectivity index (χ0v) is 12.5. The Morgan fingerprint density at radius 3 is 2.00 bits per heavy atom. The van der Waals surface area contributed by atoms with Gasteiger partial charge in [0.15, 0.2) is 0 Å². The first kappa shape index (κ1) is 12.8. The Kier molecular flexibility index (Phi) is 2.88. The molecule has 0 saturated heterocycles. The fourth-order valence-electron chi connectivity index (χ4n) is 5.19. The summed E-state index contributed by atoms with van der Waals surface area (Å²) < 4.78 is 0. The monoisotopic (exact) mass is 287 g/mol. The Hall–Kier alpha value is -0.960. The third-order valence-electron chi connectivity index (χ3n) is 5.55. The van der Waals surface area contributed by atoms with Crippen molar-refractivity contribution in [1.29, 1.82) is 0 Å². The lowest BCUT2D eigenvalue weighted by atomic mass is 9.53. The van der Waals surface area contributed by atoms with E-state index in [2.05, 4.69) is 17.9 Å². The van der Waals surface area contributed by atoms with Crippen LogP contribution in [0, 0.1) is 17.8 Å². The van der Waals surface area contributed by atoms with Gasteiger partial charge in [-0.05, 0) is 80.5 Å². The molecular weight excluding hydrogens is 266 g/mol. The summed E-state index contributed by atoms with van der Waals surface area (Å²) in [5.74, 6) is 2.68. The van der Waals surface area contributed by atoms with Crippen LogP contribution in [0.25, 0.3) is 0 Å². The predicted molar refractivity (Wildman–Crippen MR) is 82.1 cm³/mol. The molecule has 1 aromatic carbocycles. The van der Waals surface area contributed by atoms with E-state index in [1.54, 1.807) is 0 Å². The molecule has 106 valence electrons. The number of hydrogen-bond donors (Lipinski definition) is 2. The van der Waals surface area contributed by atoms with Crippen LogP contribution in [0.15, 0.2) is 29.2 Å². The zero-order valence-electron chi connectivity index (χ0n) is 11.6. The van der Waals surface area contributed by atoms with Crippen LogP contribution in [-0.2, 0) is 0 Å². The van der Waals surface area contributed by atoms with Crippen LogP contribution < -0.4 is 5.32 Å². The highest BCUT2D eigenvalue weighted by atomic mass is 32.1. The predicted octanol–water partition coefficient (Wildman–Crippen LogP) is 3.67. The molecule has 0 atom stereocenters. The SMILES string of the molecule is O=C(NC12CC3CC(CC(C3)C1)C2)c1ccc(S)cc1. The Bertz CT molecular complexity index is 501. The van der Waals surface area contributed by atoms with Gasteiger partial charge in [-0.3, -0.25) is 4.79 Å². The third kappa shape index (κ3) is 2.16. The molecule has 0 heterocycles. The fraction of sp³-hybridized carbons (Fsp3) is 0.588. The minimum absolute atomic E-state index is 0.0975. The lowest BCUT2D eigenvalue weighted by Gasteiger charge is -2.56. The summed E-state index contributed by atoms with van der Waals surface area (Å²) in [6.07, 6.45) is 7.83. The number of benzene rings is 1. The summed E-state index contributed by atoms with van der Waals surface area (Å²) in [4.78, 5) is 13.4. The van der Waals surface area contributed by atoms with Crippen molar-refractivity contribution in [2.24, 2.45) is 17.8 Å². The van der Waals surface area contributed by atoms with E-state index < -0.39 is 0 Å². The minimum atomic E-state index is 0.0975. The maximum atomic E-state index is 12.5. The highest BCUT2D eigenvalue weighted by Crippen LogP contribution is 2.55. The molecule has 1 N–H and O–H groups in total. The van der Waals surface area contributed by atoms with Crippen molar-refractivity contribution in [3.63, 3.8) is 0 Å². The van der Waals surface area contributed by atoms with E-state index in [1.165, 1.54) is 38.5 Å². The van der Waals surface area contributed by atoms with Crippen molar-refractivity contribution in [3.05, 3.63) is 29.8 Å². The molecule has 4 aliphatic carbocycles. The van der Waals surface area contributed by atoms with Gasteiger partial charge in [0.1, 0.15) is 0 Å². The molecule has 1 aromatic rings. The summed E-state index contributed by atoms with van der Waals surface area (Å²) >= 11 is 4.27. The summed E-state index contributed by atoms with van der Waals surface area (Å²) in [5.41, 5.74) is 0.865. The Labute approximate surface area is 125 Å². The molecule has 2 nitrogen and oxygen atoms in total. The maximum absolute atomic E-state index is 12.5. The molecule has 5 rings (SSSR count). The van der Waals surface area contributed by atoms with Gasteiger partial charge in [-0.25, -0.2) is 0 Å². The minimum Gasteiger partial charge on any atom is -0.347 e. The number of carbonyl (C=O) groups is 1. The van der Waals surface area contributed by atoms with E-state index in [9.17, 15) is 4.79 Å².